The summed E-state index contributed by atoms with van der Waals surface area (Å²) in [7, 11) is 0. The molecule has 6 atom stereocenters. The van der Waals surface area contributed by atoms with E-state index >= 15 is 0 Å². The molecule has 0 saturated carbocycles. The SMILES string of the molecule is CC[C@H](C)[C@H](NC(=O)[C@H](CCCN=C(N)N)NC(C)=O)C(=O)N[C@@H](CCCCNC(=O)Cc1ccc(N=Nc2ccccc2)cc1)C(=O)N[C@@H](CCCN=C(N)N)C(=O)N[C@@H](Cc1ccc(O)cc1)C(N)=O. The number of azo groups is 1. The molecule has 23 heteroatoms. The smallest absolute Gasteiger partial charge is 0.243 e. The Kier molecular flexibility index (Phi) is 25.2. The zero-order valence-corrected chi connectivity index (χ0v) is 41.1. The Morgan fingerprint density at radius 3 is 1.58 bits per heavy atom. The average Bonchev–Trinajstić information content (AvgIpc) is 3.34. The van der Waals surface area contributed by atoms with Crippen molar-refractivity contribution in [3.05, 3.63) is 90.0 Å². The van der Waals surface area contributed by atoms with Gasteiger partial charge in [0, 0.05) is 33.0 Å². The molecule has 0 fully saturated rings. The van der Waals surface area contributed by atoms with Crippen LogP contribution in [0.1, 0.15) is 83.3 Å². The highest BCUT2D eigenvalue weighted by Gasteiger charge is 2.34. The summed E-state index contributed by atoms with van der Waals surface area (Å²) in [5, 5.41) is 34.5. The molecular weight excluding hydrogens is 927 g/mol. The lowest BCUT2D eigenvalue weighted by molar-refractivity contribution is -0.135. The Morgan fingerprint density at radius 1 is 0.569 bits per heavy atom. The number of amides is 7. The number of hydrogen-bond donors (Lipinski definition) is 12. The number of nitrogens with one attached hydrogen (secondary N) is 6. The Morgan fingerprint density at radius 2 is 1.06 bits per heavy atom. The summed E-state index contributed by atoms with van der Waals surface area (Å²) in [6, 6.07) is 16.3. The first-order valence-electron chi connectivity index (χ1n) is 23.8. The molecule has 0 bridgehead atoms. The molecule has 3 aromatic carbocycles. The second-order valence-electron chi connectivity index (χ2n) is 17.2. The van der Waals surface area contributed by atoms with E-state index in [0.717, 1.165) is 5.56 Å². The van der Waals surface area contributed by atoms with Gasteiger partial charge in [0.2, 0.25) is 41.4 Å². The summed E-state index contributed by atoms with van der Waals surface area (Å²) in [6.07, 6.45) is 1.88. The van der Waals surface area contributed by atoms with Crippen LogP contribution in [0.15, 0.2) is 99.1 Å². The highest BCUT2D eigenvalue weighted by atomic mass is 16.3. The number of carbonyl (C=O) groups is 7. The zero-order chi connectivity index (χ0) is 53.0. The molecule has 0 aromatic heterocycles. The van der Waals surface area contributed by atoms with Gasteiger partial charge in [-0.05, 0) is 98.4 Å². The van der Waals surface area contributed by atoms with Gasteiger partial charge in [0.05, 0.1) is 17.8 Å². The van der Waals surface area contributed by atoms with E-state index in [4.69, 9.17) is 28.7 Å². The highest BCUT2D eigenvalue weighted by Crippen LogP contribution is 2.19. The van der Waals surface area contributed by atoms with Crippen molar-refractivity contribution in [3.8, 4) is 5.75 Å². The van der Waals surface area contributed by atoms with Crippen molar-refractivity contribution < 1.29 is 38.7 Å². The number of primary amides is 1. The van der Waals surface area contributed by atoms with E-state index < -0.39 is 71.6 Å². The summed E-state index contributed by atoms with van der Waals surface area (Å²) in [5.41, 5.74) is 30.2. The first-order chi connectivity index (χ1) is 34.3. The molecule has 23 nitrogen and oxygen atoms in total. The van der Waals surface area contributed by atoms with E-state index in [9.17, 15) is 38.7 Å². The monoisotopic (exact) mass is 998 g/mol. The third-order valence-electron chi connectivity index (χ3n) is 11.3. The fourth-order valence-corrected chi connectivity index (χ4v) is 7.15. The number of unbranched alkanes of at least 4 members (excludes halogenated alkanes) is 1. The minimum Gasteiger partial charge on any atom is -0.508 e. The highest BCUT2D eigenvalue weighted by molar-refractivity contribution is 5.96. The van der Waals surface area contributed by atoms with Crippen LogP contribution in [-0.4, -0.2) is 108 Å². The number of phenolic OH excluding ortho intramolecular Hbond substituents is 1. The van der Waals surface area contributed by atoms with Gasteiger partial charge in [0.15, 0.2) is 11.9 Å². The van der Waals surface area contributed by atoms with Crippen molar-refractivity contribution in [2.45, 2.75) is 115 Å². The maximum Gasteiger partial charge on any atom is 0.243 e. The standard InChI is InChI=1S/C49H71N15O8/c1-4-30(2)42(62-46(71)37(58-31(3)65)15-10-26-56-48(51)52)47(72)60-38(14-8-9-25-55-41(67)29-33-17-21-35(22-18-33)64-63-34-12-6-5-7-13-34)44(69)59-39(16-11-27-57-49(53)54)45(70)61-40(43(50)68)28-32-19-23-36(66)24-20-32/h5-7,12-13,17-24,30,37-40,42,66H,4,8-11,14-16,25-29H2,1-3H3,(H2,50,68)(H,55,67)(H,58,65)(H,59,69)(H,60,72)(H,61,70)(H,62,71)(H4,51,52,56)(H4,53,54,57)/t30-,37-,38-,39-,40-,42-/m0/s1. The lowest BCUT2D eigenvalue weighted by atomic mass is 9.96. The van der Waals surface area contributed by atoms with Crippen LogP contribution in [0.2, 0.25) is 0 Å². The molecule has 0 spiro atoms. The van der Waals surface area contributed by atoms with Crippen LogP contribution in [0, 0.1) is 5.92 Å². The summed E-state index contributed by atoms with van der Waals surface area (Å²) in [6.45, 7) is 5.32. The number of nitrogens with two attached hydrogens (primary N) is 5. The number of phenols is 1. The third kappa shape index (κ3) is 22.5. The minimum atomic E-state index is -1.28. The zero-order valence-electron chi connectivity index (χ0n) is 41.1. The van der Waals surface area contributed by atoms with Crippen LogP contribution in [0.4, 0.5) is 11.4 Å². The van der Waals surface area contributed by atoms with E-state index in [1.54, 1.807) is 43.3 Å². The summed E-state index contributed by atoms with van der Waals surface area (Å²) >= 11 is 0. The van der Waals surface area contributed by atoms with Crippen LogP contribution < -0.4 is 60.6 Å². The van der Waals surface area contributed by atoms with Crippen LogP contribution in [0.3, 0.4) is 0 Å². The molecule has 0 unspecified atom stereocenters. The molecular formula is C49H71N15O8. The molecule has 7 amide bonds. The van der Waals surface area contributed by atoms with Gasteiger partial charge in [-0.2, -0.15) is 10.2 Å². The van der Waals surface area contributed by atoms with Gasteiger partial charge in [-0.3, -0.25) is 43.5 Å². The van der Waals surface area contributed by atoms with Gasteiger partial charge in [-0.25, -0.2) is 0 Å². The summed E-state index contributed by atoms with van der Waals surface area (Å²) in [5.74, 6) is -5.24. The van der Waals surface area contributed by atoms with Gasteiger partial charge in [0.25, 0.3) is 0 Å². The Bertz CT molecular complexity index is 2320. The molecule has 0 aliphatic rings. The van der Waals surface area contributed by atoms with Crippen molar-refractivity contribution in [1.82, 2.24) is 31.9 Å². The molecule has 3 rings (SSSR count). The maximum atomic E-state index is 14.4. The molecule has 0 saturated heterocycles. The Hall–Kier alpha value is -8.11. The van der Waals surface area contributed by atoms with E-state index in [0.29, 0.717) is 42.6 Å². The number of guanidine groups is 2. The molecule has 3 aromatic rings. The van der Waals surface area contributed by atoms with Crippen molar-refractivity contribution in [3.63, 3.8) is 0 Å². The van der Waals surface area contributed by atoms with E-state index in [1.807, 2.05) is 37.3 Å². The third-order valence-corrected chi connectivity index (χ3v) is 11.3. The topological polar surface area (TPSA) is 391 Å². The Balaban J connectivity index is 1.82. The van der Waals surface area contributed by atoms with Crippen LogP contribution in [0.5, 0.6) is 5.75 Å². The average molecular weight is 998 g/mol. The summed E-state index contributed by atoms with van der Waals surface area (Å²) < 4.78 is 0. The van der Waals surface area contributed by atoms with Gasteiger partial charge < -0.3 is 65.7 Å². The summed E-state index contributed by atoms with van der Waals surface area (Å²) in [4.78, 5) is 102. The predicted octanol–water partition coefficient (Wildman–Crippen LogP) is 0.962. The number of rotatable bonds is 31. The molecule has 0 aliphatic heterocycles. The maximum absolute atomic E-state index is 14.4. The fourth-order valence-electron chi connectivity index (χ4n) is 7.15. The number of aromatic hydroxyl groups is 1. The number of nitrogens with zero attached hydrogens (tertiary/aromatic N) is 4. The minimum absolute atomic E-state index is 0.00186. The number of hydrogen-bond acceptors (Lipinski definition) is 12. The second kappa shape index (κ2) is 31.2. The van der Waals surface area contributed by atoms with Crippen molar-refractivity contribution >= 4 is 64.6 Å². The van der Waals surface area contributed by atoms with Crippen molar-refractivity contribution in [2.75, 3.05) is 19.6 Å². The van der Waals surface area contributed by atoms with Gasteiger partial charge in [-0.1, -0.05) is 62.7 Å². The van der Waals surface area contributed by atoms with E-state index in [-0.39, 0.29) is 81.7 Å². The fraction of sp³-hybridized carbons (Fsp3) is 0.449. The lowest BCUT2D eigenvalue weighted by Gasteiger charge is -2.29. The number of aliphatic imine (C=N–C) groups is 2. The predicted molar refractivity (Wildman–Crippen MR) is 273 cm³/mol. The quantitative estimate of drug-likeness (QED) is 0.0186. The van der Waals surface area contributed by atoms with Gasteiger partial charge in [-0.15, -0.1) is 0 Å². The van der Waals surface area contributed by atoms with Gasteiger partial charge >= 0.3 is 0 Å². The van der Waals surface area contributed by atoms with Crippen molar-refractivity contribution in [2.24, 2.45) is 54.8 Å². The molecule has 72 heavy (non-hydrogen) atoms. The van der Waals surface area contributed by atoms with Crippen LogP contribution in [-0.2, 0) is 46.4 Å². The molecule has 390 valence electrons. The number of benzene rings is 3. The molecule has 0 heterocycles. The first kappa shape index (κ1) is 58.2. The van der Waals surface area contributed by atoms with Crippen LogP contribution >= 0.6 is 0 Å². The molecule has 17 N–H and O–H groups in total. The lowest BCUT2D eigenvalue weighted by Crippen LogP contribution is -2.60. The molecule has 0 radical (unpaired) electrons. The second-order valence-corrected chi connectivity index (χ2v) is 17.2. The normalized spacial score (nSPS) is 13.4. The van der Waals surface area contributed by atoms with Crippen LogP contribution in [0.25, 0.3) is 0 Å². The molecule has 0 aliphatic carbocycles. The Labute approximate surface area is 419 Å². The number of carbonyl (C=O) groups excluding carboxylic acids is 7. The van der Waals surface area contributed by atoms with Crippen molar-refractivity contribution in [1.29, 1.82) is 0 Å². The first-order valence-corrected chi connectivity index (χ1v) is 23.8. The largest absolute Gasteiger partial charge is 0.508 e. The van der Waals surface area contributed by atoms with E-state index in [2.05, 4.69) is 52.1 Å². The van der Waals surface area contributed by atoms with Gasteiger partial charge in [0.1, 0.15) is 36.0 Å². The van der Waals surface area contributed by atoms with E-state index in [1.165, 1.54) is 19.1 Å².